The number of amides is 2. The monoisotopic (exact) mass is 290 g/mol. The van der Waals surface area contributed by atoms with Gasteiger partial charge in [-0.05, 0) is 25.0 Å². The van der Waals surface area contributed by atoms with Gasteiger partial charge in [0.2, 0.25) is 5.91 Å². The van der Waals surface area contributed by atoms with E-state index in [0.29, 0.717) is 24.4 Å². The molecule has 2 N–H and O–H groups in total. The van der Waals surface area contributed by atoms with Gasteiger partial charge in [-0.1, -0.05) is 25.0 Å². The molecule has 5 heteroatoms. The lowest BCUT2D eigenvalue weighted by atomic mass is 10.1. The number of anilines is 1. The molecule has 0 unspecified atom stereocenters. The summed E-state index contributed by atoms with van der Waals surface area (Å²) in [5.74, 6) is -0.103. The molecule has 0 atom stereocenters. The first kappa shape index (κ1) is 15.5. The van der Waals surface area contributed by atoms with Crippen molar-refractivity contribution in [3.63, 3.8) is 0 Å². The Morgan fingerprint density at radius 2 is 1.95 bits per heavy atom. The lowest BCUT2D eigenvalue weighted by Gasteiger charge is -2.14. The van der Waals surface area contributed by atoms with E-state index in [2.05, 4.69) is 10.6 Å². The maximum atomic E-state index is 12.2. The van der Waals surface area contributed by atoms with Gasteiger partial charge in [-0.15, -0.1) is 0 Å². The van der Waals surface area contributed by atoms with Crippen molar-refractivity contribution in [2.45, 2.75) is 25.7 Å². The summed E-state index contributed by atoms with van der Waals surface area (Å²) >= 11 is 0. The molecule has 1 aliphatic rings. The smallest absolute Gasteiger partial charge is 0.253 e. The van der Waals surface area contributed by atoms with Gasteiger partial charge in [0.15, 0.2) is 0 Å². The first-order chi connectivity index (χ1) is 10.2. The summed E-state index contributed by atoms with van der Waals surface area (Å²) < 4.78 is 4.91. The van der Waals surface area contributed by atoms with Crippen molar-refractivity contribution in [2.75, 3.05) is 25.6 Å². The number of methoxy groups -OCH3 is 1. The molecule has 21 heavy (non-hydrogen) atoms. The predicted molar refractivity (Wildman–Crippen MR) is 81.2 cm³/mol. The van der Waals surface area contributed by atoms with E-state index in [-0.39, 0.29) is 17.7 Å². The largest absolute Gasteiger partial charge is 0.383 e. The summed E-state index contributed by atoms with van der Waals surface area (Å²) in [6.45, 7) is 0.905. The average Bonchev–Trinajstić information content (AvgIpc) is 3.02. The van der Waals surface area contributed by atoms with Crippen LogP contribution in [0.2, 0.25) is 0 Å². The van der Waals surface area contributed by atoms with Gasteiger partial charge >= 0.3 is 0 Å². The summed E-state index contributed by atoms with van der Waals surface area (Å²) in [5.41, 5.74) is 1.06. The van der Waals surface area contributed by atoms with Gasteiger partial charge in [0.25, 0.3) is 5.91 Å². The summed E-state index contributed by atoms with van der Waals surface area (Å²) in [6, 6.07) is 7.08. The third-order valence-corrected chi connectivity index (χ3v) is 3.75. The fourth-order valence-corrected chi connectivity index (χ4v) is 2.57. The first-order valence-electron chi connectivity index (χ1n) is 7.39. The Kier molecular flexibility index (Phi) is 5.75. The molecule has 1 saturated carbocycles. The SMILES string of the molecule is COCCNC(=O)c1ccccc1NC(=O)C1CCCC1. The summed E-state index contributed by atoms with van der Waals surface area (Å²) in [6.07, 6.45) is 4.09. The Hall–Kier alpha value is -1.88. The number of para-hydroxylation sites is 1. The number of hydrogen-bond acceptors (Lipinski definition) is 3. The van der Waals surface area contributed by atoms with Crippen molar-refractivity contribution in [3.8, 4) is 0 Å². The molecule has 114 valence electrons. The van der Waals surface area contributed by atoms with Gasteiger partial charge < -0.3 is 15.4 Å². The molecule has 0 saturated heterocycles. The van der Waals surface area contributed by atoms with Crippen molar-refractivity contribution < 1.29 is 14.3 Å². The second-order valence-electron chi connectivity index (χ2n) is 5.26. The Balaban J connectivity index is 2.02. The summed E-state index contributed by atoms with van der Waals surface area (Å²) in [5, 5.41) is 5.66. The third kappa shape index (κ3) is 4.29. The highest BCUT2D eigenvalue weighted by molar-refractivity contribution is 6.04. The maximum absolute atomic E-state index is 12.2. The minimum absolute atomic E-state index is 0.0182. The van der Waals surface area contributed by atoms with E-state index in [0.717, 1.165) is 25.7 Å². The molecule has 1 aromatic carbocycles. The number of ether oxygens (including phenoxy) is 1. The molecular formula is C16H22N2O3. The molecule has 0 spiro atoms. The summed E-state index contributed by atoms with van der Waals surface area (Å²) in [7, 11) is 1.59. The Bertz CT molecular complexity index is 496. The highest BCUT2D eigenvalue weighted by atomic mass is 16.5. The van der Waals surface area contributed by atoms with E-state index in [9.17, 15) is 9.59 Å². The molecule has 0 aromatic heterocycles. The zero-order chi connectivity index (χ0) is 15.1. The molecule has 0 bridgehead atoms. The van der Waals surface area contributed by atoms with Crippen LogP contribution in [0.25, 0.3) is 0 Å². The number of benzene rings is 1. The van der Waals surface area contributed by atoms with Gasteiger partial charge in [0.05, 0.1) is 17.9 Å². The van der Waals surface area contributed by atoms with Crippen LogP contribution in [-0.2, 0) is 9.53 Å². The first-order valence-corrected chi connectivity index (χ1v) is 7.39. The van der Waals surface area contributed by atoms with E-state index in [4.69, 9.17) is 4.74 Å². The zero-order valence-corrected chi connectivity index (χ0v) is 12.4. The van der Waals surface area contributed by atoms with Crippen LogP contribution in [0.15, 0.2) is 24.3 Å². The standard InChI is InChI=1S/C16H22N2O3/c1-21-11-10-17-16(20)13-8-4-5-9-14(13)18-15(19)12-6-2-3-7-12/h4-5,8-9,12H,2-3,6-7,10-11H2,1H3,(H,17,20)(H,18,19). The lowest BCUT2D eigenvalue weighted by Crippen LogP contribution is -2.29. The fraction of sp³-hybridized carbons (Fsp3) is 0.500. The van der Waals surface area contributed by atoms with E-state index >= 15 is 0 Å². The number of carbonyl (C=O) groups excluding carboxylic acids is 2. The average molecular weight is 290 g/mol. The normalized spacial score (nSPS) is 14.9. The fourth-order valence-electron chi connectivity index (χ4n) is 2.57. The Morgan fingerprint density at radius 1 is 1.24 bits per heavy atom. The minimum Gasteiger partial charge on any atom is -0.383 e. The highest BCUT2D eigenvalue weighted by Gasteiger charge is 2.23. The number of hydrogen-bond donors (Lipinski definition) is 2. The Labute approximate surface area is 125 Å². The van der Waals surface area contributed by atoms with Gasteiger partial charge in [-0.25, -0.2) is 0 Å². The molecule has 0 radical (unpaired) electrons. The number of carbonyl (C=O) groups is 2. The zero-order valence-electron chi connectivity index (χ0n) is 12.4. The lowest BCUT2D eigenvalue weighted by molar-refractivity contribution is -0.119. The summed E-state index contributed by atoms with van der Waals surface area (Å²) in [4.78, 5) is 24.3. The van der Waals surface area contributed by atoms with Crippen LogP contribution in [0.1, 0.15) is 36.0 Å². The highest BCUT2D eigenvalue weighted by Crippen LogP contribution is 2.26. The molecule has 2 rings (SSSR count). The van der Waals surface area contributed by atoms with E-state index in [1.54, 1.807) is 25.3 Å². The van der Waals surface area contributed by atoms with E-state index in [1.807, 2.05) is 6.07 Å². The van der Waals surface area contributed by atoms with Gasteiger partial charge in [-0.3, -0.25) is 9.59 Å². The Morgan fingerprint density at radius 3 is 2.67 bits per heavy atom. The second-order valence-corrected chi connectivity index (χ2v) is 5.26. The van der Waals surface area contributed by atoms with Crippen molar-refractivity contribution in [2.24, 2.45) is 5.92 Å². The van der Waals surface area contributed by atoms with Gasteiger partial charge in [-0.2, -0.15) is 0 Å². The van der Waals surface area contributed by atoms with Crippen LogP contribution < -0.4 is 10.6 Å². The second kappa shape index (κ2) is 7.78. The van der Waals surface area contributed by atoms with Crippen LogP contribution in [0.5, 0.6) is 0 Å². The van der Waals surface area contributed by atoms with Crippen molar-refractivity contribution in [1.82, 2.24) is 5.32 Å². The molecule has 1 aliphatic carbocycles. The molecule has 0 heterocycles. The third-order valence-electron chi connectivity index (χ3n) is 3.75. The van der Waals surface area contributed by atoms with Crippen LogP contribution in [0.4, 0.5) is 5.69 Å². The molecule has 2 amide bonds. The van der Waals surface area contributed by atoms with Crippen molar-refractivity contribution in [3.05, 3.63) is 29.8 Å². The van der Waals surface area contributed by atoms with Crippen LogP contribution in [0.3, 0.4) is 0 Å². The minimum atomic E-state index is -0.200. The van der Waals surface area contributed by atoms with Crippen LogP contribution >= 0.6 is 0 Å². The molecule has 1 aromatic rings. The molecular weight excluding hydrogens is 268 g/mol. The molecule has 1 fully saturated rings. The number of nitrogens with one attached hydrogen (secondary N) is 2. The van der Waals surface area contributed by atoms with Crippen LogP contribution in [-0.4, -0.2) is 32.1 Å². The number of rotatable bonds is 6. The molecule has 5 nitrogen and oxygen atoms in total. The van der Waals surface area contributed by atoms with Gasteiger partial charge in [0, 0.05) is 19.6 Å². The van der Waals surface area contributed by atoms with Crippen molar-refractivity contribution >= 4 is 17.5 Å². The predicted octanol–water partition coefficient (Wildman–Crippen LogP) is 2.19. The van der Waals surface area contributed by atoms with Gasteiger partial charge in [0.1, 0.15) is 0 Å². The van der Waals surface area contributed by atoms with E-state index < -0.39 is 0 Å². The van der Waals surface area contributed by atoms with Crippen molar-refractivity contribution in [1.29, 1.82) is 0 Å². The topological polar surface area (TPSA) is 67.4 Å². The quantitative estimate of drug-likeness (QED) is 0.789. The van der Waals surface area contributed by atoms with E-state index in [1.165, 1.54) is 0 Å². The maximum Gasteiger partial charge on any atom is 0.253 e. The van der Waals surface area contributed by atoms with Crippen LogP contribution in [0, 0.1) is 5.92 Å². The molecule has 0 aliphatic heterocycles.